The van der Waals surface area contributed by atoms with Gasteiger partial charge in [0.15, 0.2) is 0 Å². The molecule has 1 N–H and O–H groups in total. The second kappa shape index (κ2) is 13.1. The second-order valence-corrected chi connectivity index (χ2v) is 10.1. The number of hydrazone groups is 1. The number of ether oxygens (including phenoxy) is 2. The lowest BCUT2D eigenvalue weighted by molar-refractivity contribution is -0.133. The number of carbonyl (C=O) groups excluding carboxylic acids is 2. The van der Waals surface area contributed by atoms with Gasteiger partial charge in [-0.05, 0) is 37.6 Å². The number of methoxy groups -OCH3 is 1. The minimum absolute atomic E-state index is 0.0489. The minimum Gasteiger partial charge on any atom is -0.497 e. The molecule has 3 amide bonds. The SMILES string of the molecule is COc1ccc(C2CC(c3ccccc3Cl)=NN2C(=O)CN(CCN2CCOCC2)C(=O)NC(C)C)cc1. The number of hydrogen-bond acceptors (Lipinski definition) is 6. The molecule has 0 spiro atoms. The van der Waals surface area contributed by atoms with Crippen molar-refractivity contribution in [2.45, 2.75) is 32.4 Å². The molecule has 0 saturated carbocycles. The van der Waals surface area contributed by atoms with Crippen LogP contribution in [0.3, 0.4) is 0 Å². The van der Waals surface area contributed by atoms with Gasteiger partial charge in [-0.3, -0.25) is 9.69 Å². The first-order valence-corrected chi connectivity index (χ1v) is 13.4. The highest BCUT2D eigenvalue weighted by molar-refractivity contribution is 6.34. The van der Waals surface area contributed by atoms with E-state index in [9.17, 15) is 9.59 Å². The summed E-state index contributed by atoms with van der Waals surface area (Å²) in [6, 6.07) is 14.5. The number of amides is 3. The Labute approximate surface area is 229 Å². The van der Waals surface area contributed by atoms with Crippen LogP contribution in [-0.2, 0) is 9.53 Å². The van der Waals surface area contributed by atoms with Gasteiger partial charge in [-0.1, -0.05) is 41.9 Å². The lowest BCUT2D eigenvalue weighted by atomic mass is 9.98. The molecule has 1 atom stereocenters. The lowest BCUT2D eigenvalue weighted by Gasteiger charge is -2.31. The van der Waals surface area contributed by atoms with E-state index in [2.05, 4.69) is 10.2 Å². The van der Waals surface area contributed by atoms with Crippen LogP contribution < -0.4 is 10.1 Å². The quantitative estimate of drug-likeness (QED) is 0.522. The summed E-state index contributed by atoms with van der Waals surface area (Å²) in [5.74, 6) is 0.477. The van der Waals surface area contributed by atoms with E-state index in [0.717, 1.165) is 35.7 Å². The first-order chi connectivity index (χ1) is 18.4. The third kappa shape index (κ3) is 7.03. The van der Waals surface area contributed by atoms with Crippen LogP contribution in [0.1, 0.15) is 37.4 Å². The zero-order valence-electron chi connectivity index (χ0n) is 22.2. The third-order valence-electron chi connectivity index (χ3n) is 6.67. The molecular weight excluding hydrogens is 506 g/mol. The number of morpholine rings is 1. The number of nitrogens with one attached hydrogen (secondary N) is 1. The van der Waals surface area contributed by atoms with E-state index < -0.39 is 0 Å². The Kier molecular flexibility index (Phi) is 9.60. The summed E-state index contributed by atoms with van der Waals surface area (Å²) in [6.07, 6.45) is 0.508. The Bertz CT molecular complexity index is 1130. The predicted octanol–water partition coefficient (Wildman–Crippen LogP) is 3.78. The molecule has 4 rings (SSSR count). The fourth-order valence-corrected chi connectivity index (χ4v) is 4.84. The molecule has 0 radical (unpaired) electrons. The van der Waals surface area contributed by atoms with Gasteiger partial charge in [-0.25, -0.2) is 9.80 Å². The zero-order valence-corrected chi connectivity index (χ0v) is 23.0. The van der Waals surface area contributed by atoms with Crippen LogP contribution >= 0.6 is 11.6 Å². The van der Waals surface area contributed by atoms with Gasteiger partial charge >= 0.3 is 6.03 Å². The Morgan fingerprint density at radius 1 is 1.16 bits per heavy atom. The fourth-order valence-electron chi connectivity index (χ4n) is 4.60. The number of rotatable bonds is 9. The normalized spacial score (nSPS) is 17.9. The molecule has 2 aromatic carbocycles. The van der Waals surface area contributed by atoms with Gasteiger partial charge in [0, 0.05) is 49.2 Å². The zero-order chi connectivity index (χ0) is 27.1. The molecule has 2 heterocycles. The highest BCUT2D eigenvalue weighted by Crippen LogP contribution is 2.35. The third-order valence-corrected chi connectivity index (χ3v) is 7.00. The van der Waals surface area contributed by atoms with Crippen molar-refractivity contribution in [2.24, 2.45) is 5.10 Å². The summed E-state index contributed by atoms with van der Waals surface area (Å²) in [5, 5.41) is 9.76. The fraction of sp³-hybridized carbons (Fsp3) is 0.464. The minimum atomic E-state index is -0.325. The summed E-state index contributed by atoms with van der Waals surface area (Å²) in [5.41, 5.74) is 2.46. The number of carbonyl (C=O) groups is 2. The molecule has 0 bridgehead atoms. The molecule has 2 aliphatic rings. The van der Waals surface area contributed by atoms with E-state index in [1.54, 1.807) is 12.0 Å². The number of nitrogens with zero attached hydrogens (tertiary/aromatic N) is 4. The van der Waals surface area contributed by atoms with Gasteiger partial charge < -0.3 is 19.7 Å². The molecule has 2 aromatic rings. The van der Waals surface area contributed by atoms with Crippen LogP contribution in [-0.4, -0.2) is 91.5 Å². The predicted molar refractivity (Wildman–Crippen MR) is 148 cm³/mol. The maximum absolute atomic E-state index is 13.8. The van der Waals surface area contributed by atoms with Crippen molar-refractivity contribution < 1.29 is 19.1 Å². The monoisotopic (exact) mass is 541 g/mol. The van der Waals surface area contributed by atoms with Gasteiger partial charge in [-0.15, -0.1) is 0 Å². The van der Waals surface area contributed by atoms with Gasteiger partial charge in [0.1, 0.15) is 12.3 Å². The molecule has 1 saturated heterocycles. The van der Waals surface area contributed by atoms with E-state index in [0.29, 0.717) is 37.7 Å². The number of hydrogen-bond donors (Lipinski definition) is 1. The first-order valence-electron chi connectivity index (χ1n) is 13.0. The van der Waals surface area contributed by atoms with E-state index in [4.69, 9.17) is 26.2 Å². The van der Waals surface area contributed by atoms with Gasteiger partial charge in [0.05, 0.1) is 32.1 Å². The topological polar surface area (TPSA) is 86.7 Å². The molecule has 9 nitrogen and oxygen atoms in total. The van der Waals surface area contributed by atoms with Crippen LogP contribution in [0.4, 0.5) is 4.79 Å². The number of benzene rings is 2. The van der Waals surface area contributed by atoms with Crippen molar-refractivity contribution in [1.29, 1.82) is 0 Å². The first kappa shape index (κ1) is 27.9. The molecule has 10 heteroatoms. The van der Waals surface area contributed by atoms with Gasteiger partial charge in [-0.2, -0.15) is 5.10 Å². The Balaban J connectivity index is 1.57. The summed E-state index contributed by atoms with van der Waals surface area (Å²) in [4.78, 5) is 30.7. The van der Waals surface area contributed by atoms with Crippen molar-refractivity contribution in [3.63, 3.8) is 0 Å². The lowest BCUT2D eigenvalue weighted by Crippen LogP contribution is -2.50. The van der Waals surface area contributed by atoms with Crippen LogP contribution in [0, 0.1) is 0 Å². The average Bonchev–Trinajstić information content (AvgIpc) is 3.37. The van der Waals surface area contributed by atoms with E-state index >= 15 is 0 Å². The summed E-state index contributed by atoms with van der Waals surface area (Å²) in [7, 11) is 1.62. The highest BCUT2D eigenvalue weighted by Gasteiger charge is 2.35. The smallest absolute Gasteiger partial charge is 0.318 e. The van der Waals surface area contributed by atoms with Gasteiger partial charge in [0.25, 0.3) is 5.91 Å². The van der Waals surface area contributed by atoms with Crippen LogP contribution in [0.25, 0.3) is 0 Å². The molecule has 1 fully saturated rings. The second-order valence-electron chi connectivity index (χ2n) is 9.74. The molecule has 0 aliphatic carbocycles. The Hall–Kier alpha value is -3.14. The number of urea groups is 1. The van der Waals surface area contributed by atoms with Crippen molar-refractivity contribution in [3.8, 4) is 5.75 Å². The van der Waals surface area contributed by atoms with Gasteiger partial charge in [0.2, 0.25) is 0 Å². The van der Waals surface area contributed by atoms with E-state index in [-0.39, 0.29) is 30.6 Å². The van der Waals surface area contributed by atoms with E-state index in [1.807, 2.05) is 62.4 Å². The number of halogens is 1. The summed E-state index contributed by atoms with van der Waals surface area (Å²) in [6.45, 7) is 7.78. The largest absolute Gasteiger partial charge is 0.497 e. The van der Waals surface area contributed by atoms with Crippen LogP contribution in [0.5, 0.6) is 5.75 Å². The maximum atomic E-state index is 13.8. The highest BCUT2D eigenvalue weighted by atomic mass is 35.5. The molecule has 38 heavy (non-hydrogen) atoms. The standard InChI is InChI=1S/C28H36ClN5O4/c1-20(2)30-28(36)33(13-12-32-14-16-38-17-15-32)19-27(35)34-26(21-8-10-22(37-3)11-9-21)18-25(31-34)23-6-4-5-7-24(23)29/h4-11,20,26H,12-19H2,1-3H3,(H,30,36). The molecule has 204 valence electrons. The van der Waals surface area contributed by atoms with Crippen LogP contribution in [0.15, 0.2) is 53.6 Å². The molecular formula is C28H36ClN5O4. The Morgan fingerprint density at radius 3 is 2.53 bits per heavy atom. The molecule has 2 aliphatic heterocycles. The van der Waals surface area contributed by atoms with Crippen molar-refractivity contribution in [3.05, 3.63) is 64.7 Å². The van der Waals surface area contributed by atoms with Crippen molar-refractivity contribution in [2.75, 3.05) is 53.0 Å². The molecule has 1 unspecified atom stereocenters. The summed E-state index contributed by atoms with van der Waals surface area (Å²) >= 11 is 6.48. The van der Waals surface area contributed by atoms with Crippen LogP contribution in [0.2, 0.25) is 5.02 Å². The summed E-state index contributed by atoms with van der Waals surface area (Å²) < 4.78 is 10.7. The van der Waals surface area contributed by atoms with Crippen molar-refractivity contribution >= 4 is 29.3 Å². The molecule has 0 aromatic heterocycles. The maximum Gasteiger partial charge on any atom is 0.318 e. The average molecular weight is 542 g/mol. The van der Waals surface area contributed by atoms with Crippen molar-refractivity contribution in [1.82, 2.24) is 20.1 Å². The van der Waals surface area contributed by atoms with E-state index in [1.165, 1.54) is 5.01 Å². The Morgan fingerprint density at radius 2 is 1.87 bits per heavy atom.